The fourth-order valence-electron chi connectivity index (χ4n) is 1.81. The Bertz CT molecular complexity index is 725. The van der Waals surface area contributed by atoms with Crippen molar-refractivity contribution in [2.45, 2.75) is 6.92 Å². The van der Waals surface area contributed by atoms with Gasteiger partial charge in [0.15, 0.2) is 6.61 Å². The number of halogens is 3. The first-order chi connectivity index (χ1) is 11.5. The molecule has 24 heavy (non-hydrogen) atoms. The standard InChI is InChI=1S/C17H16BrCl2NO3/c1-11-2-4-13(9-15(11)20)23-7-6-21-17(22)10-24-16-5-3-12(19)8-14(16)18/h2-5,8-9H,6-7,10H2,1H3,(H,21,22). The Morgan fingerprint density at radius 2 is 1.96 bits per heavy atom. The van der Waals surface area contributed by atoms with Gasteiger partial charge in [-0.15, -0.1) is 0 Å². The van der Waals surface area contributed by atoms with Gasteiger partial charge >= 0.3 is 0 Å². The number of ether oxygens (including phenoxy) is 2. The van der Waals surface area contributed by atoms with Crippen LogP contribution < -0.4 is 14.8 Å². The van der Waals surface area contributed by atoms with Gasteiger partial charge in [-0.25, -0.2) is 0 Å². The molecule has 1 N–H and O–H groups in total. The topological polar surface area (TPSA) is 47.6 Å². The second-order valence-electron chi connectivity index (χ2n) is 4.97. The summed E-state index contributed by atoms with van der Waals surface area (Å²) >= 11 is 15.2. The zero-order chi connectivity index (χ0) is 17.5. The largest absolute Gasteiger partial charge is 0.492 e. The summed E-state index contributed by atoms with van der Waals surface area (Å²) in [5, 5.41) is 3.96. The fraction of sp³-hybridized carbons (Fsp3) is 0.235. The molecule has 0 unspecified atom stereocenters. The summed E-state index contributed by atoms with van der Waals surface area (Å²) in [6, 6.07) is 10.6. The summed E-state index contributed by atoms with van der Waals surface area (Å²) < 4.78 is 11.6. The number of hydrogen-bond acceptors (Lipinski definition) is 3. The first-order valence-corrected chi connectivity index (χ1v) is 8.74. The quantitative estimate of drug-likeness (QED) is 0.648. The van der Waals surface area contributed by atoms with Crippen LogP contribution in [-0.2, 0) is 4.79 Å². The van der Waals surface area contributed by atoms with Gasteiger partial charge in [0.05, 0.1) is 11.0 Å². The van der Waals surface area contributed by atoms with E-state index in [0.717, 1.165) is 5.56 Å². The zero-order valence-corrected chi connectivity index (χ0v) is 16.0. The Labute approximate surface area is 159 Å². The van der Waals surface area contributed by atoms with Gasteiger partial charge in [-0.05, 0) is 58.7 Å². The van der Waals surface area contributed by atoms with Crippen LogP contribution in [0.2, 0.25) is 10.0 Å². The van der Waals surface area contributed by atoms with Gasteiger partial charge in [0, 0.05) is 10.0 Å². The predicted octanol–water partition coefficient (Wildman–Crippen LogP) is 4.64. The highest BCUT2D eigenvalue weighted by molar-refractivity contribution is 9.10. The van der Waals surface area contributed by atoms with Crippen molar-refractivity contribution < 1.29 is 14.3 Å². The molecule has 0 fully saturated rings. The van der Waals surface area contributed by atoms with Crippen LogP contribution in [0.3, 0.4) is 0 Å². The molecule has 0 heterocycles. The van der Waals surface area contributed by atoms with E-state index in [1.54, 1.807) is 24.3 Å². The van der Waals surface area contributed by atoms with Crippen LogP contribution in [-0.4, -0.2) is 25.7 Å². The van der Waals surface area contributed by atoms with Gasteiger partial charge in [-0.3, -0.25) is 4.79 Å². The first kappa shape index (κ1) is 18.9. The first-order valence-electron chi connectivity index (χ1n) is 7.19. The van der Waals surface area contributed by atoms with Crippen LogP contribution in [0.25, 0.3) is 0 Å². The van der Waals surface area contributed by atoms with Crippen molar-refractivity contribution in [2.75, 3.05) is 19.8 Å². The molecule has 0 bridgehead atoms. The summed E-state index contributed by atoms with van der Waals surface area (Å²) in [7, 11) is 0. The normalized spacial score (nSPS) is 10.3. The summed E-state index contributed by atoms with van der Waals surface area (Å²) in [4.78, 5) is 11.8. The minimum Gasteiger partial charge on any atom is -0.492 e. The Balaban J connectivity index is 1.68. The average molecular weight is 433 g/mol. The van der Waals surface area contributed by atoms with Crippen LogP contribution in [0.1, 0.15) is 5.56 Å². The molecule has 4 nitrogen and oxygen atoms in total. The molecule has 2 aromatic rings. The Kier molecular flexibility index (Phi) is 7.21. The number of carbonyl (C=O) groups excluding carboxylic acids is 1. The molecule has 0 saturated heterocycles. The second-order valence-corrected chi connectivity index (χ2v) is 6.67. The third-order valence-electron chi connectivity index (χ3n) is 3.09. The summed E-state index contributed by atoms with van der Waals surface area (Å²) in [6.45, 7) is 2.55. The van der Waals surface area contributed by atoms with Gasteiger partial charge < -0.3 is 14.8 Å². The predicted molar refractivity (Wildman–Crippen MR) is 99.3 cm³/mol. The second kappa shape index (κ2) is 9.16. The van der Waals surface area contributed by atoms with E-state index in [1.807, 2.05) is 19.1 Å². The third kappa shape index (κ3) is 5.89. The van der Waals surface area contributed by atoms with Gasteiger partial charge in [0.2, 0.25) is 0 Å². The average Bonchev–Trinajstić information content (AvgIpc) is 2.54. The molecule has 2 aromatic carbocycles. The lowest BCUT2D eigenvalue weighted by Crippen LogP contribution is -2.32. The third-order valence-corrected chi connectivity index (χ3v) is 4.35. The molecule has 7 heteroatoms. The van der Waals surface area contributed by atoms with Crippen molar-refractivity contribution in [3.8, 4) is 11.5 Å². The monoisotopic (exact) mass is 431 g/mol. The highest BCUT2D eigenvalue weighted by Crippen LogP contribution is 2.27. The Morgan fingerprint density at radius 1 is 1.17 bits per heavy atom. The fourth-order valence-corrected chi connectivity index (χ4v) is 2.78. The number of amides is 1. The molecule has 0 spiro atoms. The van der Waals surface area contributed by atoms with Crippen molar-refractivity contribution >= 4 is 45.0 Å². The number of nitrogens with one attached hydrogen (secondary N) is 1. The summed E-state index contributed by atoms with van der Waals surface area (Å²) in [6.07, 6.45) is 0. The number of aryl methyl sites for hydroxylation is 1. The van der Waals surface area contributed by atoms with E-state index in [0.29, 0.717) is 39.2 Å². The van der Waals surface area contributed by atoms with E-state index < -0.39 is 0 Å². The smallest absolute Gasteiger partial charge is 0.258 e. The molecule has 0 aliphatic heterocycles. The van der Waals surface area contributed by atoms with Crippen LogP contribution in [0.15, 0.2) is 40.9 Å². The zero-order valence-electron chi connectivity index (χ0n) is 12.9. The van der Waals surface area contributed by atoms with Crippen LogP contribution in [0, 0.1) is 6.92 Å². The highest BCUT2D eigenvalue weighted by Gasteiger charge is 2.06. The maximum atomic E-state index is 11.8. The molecule has 128 valence electrons. The minimum absolute atomic E-state index is 0.0867. The van der Waals surface area contributed by atoms with Gasteiger partial charge in [-0.1, -0.05) is 29.3 Å². The van der Waals surface area contributed by atoms with Crippen LogP contribution in [0.5, 0.6) is 11.5 Å². The maximum Gasteiger partial charge on any atom is 0.258 e. The van der Waals surface area contributed by atoms with E-state index in [-0.39, 0.29) is 12.5 Å². The van der Waals surface area contributed by atoms with Crippen LogP contribution in [0.4, 0.5) is 0 Å². The molecule has 0 aliphatic carbocycles. The lowest BCUT2D eigenvalue weighted by atomic mass is 10.2. The van der Waals surface area contributed by atoms with Crippen molar-refractivity contribution in [2.24, 2.45) is 0 Å². The molecule has 0 atom stereocenters. The van der Waals surface area contributed by atoms with E-state index in [9.17, 15) is 4.79 Å². The molecule has 1 amide bonds. The lowest BCUT2D eigenvalue weighted by molar-refractivity contribution is -0.123. The van der Waals surface area contributed by atoms with Crippen molar-refractivity contribution in [1.29, 1.82) is 0 Å². The molecular formula is C17H16BrCl2NO3. The molecule has 0 aromatic heterocycles. The SMILES string of the molecule is Cc1ccc(OCCNC(=O)COc2ccc(Cl)cc2Br)cc1Cl. The molecule has 0 saturated carbocycles. The van der Waals surface area contributed by atoms with Crippen LogP contribution >= 0.6 is 39.1 Å². The van der Waals surface area contributed by atoms with Crippen molar-refractivity contribution in [3.05, 3.63) is 56.5 Å². The number of carbonyl (C=O) groups is 1. The Morgan fingerprint density at radius 3 is 2.67 bits per heavy atom. The number of rotatable bonds is 7. The number of benzene rings is 2. The summed E-state index contributed by atoms with van der Waals surface area (Å²) in [5.41, 5.74) is 0.989. The molecule has 0 radical (unpaired) electrons. The van der Waals surface area contributed by atoms with Crippen molar-refractivity contribution in [3.63, 3.8) is 0 Å². The van der Waals surface area contributed by atoms with Gasteiger partial charge in [0.25, 0.3) is 5.91 Å². The molecule has 2 rings (SSSR count). The van der Waals surface area contributed by atoms with Crippen molar-refractivity contribution in [1.82, 2.24) is 5.32 Å². The van der Waals surface area contributed by atoms with E-state index in [4.69, 9.17) is 32.7 Å². The highest BCUT2D eigenvalue weighted by atomic mass is 79.9. The molecule has 0 aliphatic rings. The maximum absolute atomic E-state index is 11.8. The van der Waals surface area contributed by atoms with E-state index in [2.05, 4.69) is 21.2 Å². The van der Waals surface area contributed by atoms with E-state index in [1.165, 1.54) is 0 Å². The summed E-state index contributed by atoms with van der Waals surface area (Å²) in [5.74, 6) is 0.990. The minimum atomic E-state index is -0.234. The Hall–Kier alpha value is -1.43. The lowest BCUT2D eigenvalue weighted by Gasteiger charge is -2.10. The molecular weight excluding hydrogens is 417 g/mol. The number of hydrogen-bond donors (Lipinski definition) is 1. The van der Waals surface area contributed by atoms with E-state index >= 15 is 0 Å². The van der Waals surface area contributed by atoms with Gasteiger partial charge in [0.1, 0.15) is 18.1 Å². The van der Waals surface area contributed by atoms with Gasteiger partial charge in [-0.2, -0.15) is 0 Å².